The summed E-state index contributed by atoms with van der Waals surface area (Å²) in [4.78, 5) is 46.7. The van der Waals surface area contributed by atoms with Crippen LogP contribution in [0.15, 0.2) is 0 Å². The molecule has 2 heterocycles. The number of amides is 2. The molecule has 0 unspecified atom stereocenters. The summed E-state index contributed by atoms with van der Waals surface area (Å²) in [5, 5.41) is 3.20. The van der Waals surface area contributed by atoms with Crippen LogP contribution < -0.4 is 27.2 Å². The van der Waals surface area contributed by atoms with Crippen LogP contribution >= 0.6 is 0 Å². The molecule has 2 rings (SSSR count). The molecule has 39 heavy (non-hydrogen) atoms. The molecule has 230 valence electrons. The van der Waals surface area contributed by atoms with Crippen LogP contribution in [0.4, 0.5) is 0 Å². The monoisotopic (exact) mass is 560 g/mol. The van der Waals surface area contributed by atoms with Crippen molar-refractivity contribution in [2.45, 2.75) is 116 Å². The topological polar surface area (TPSA) is 134 Å². The standard InChI is InChI=1S/C14H29N3O3.C13H27N3O3/c1-4-6-10-20-15-12-7-8-13(17(3)11-12)14(18)16-19-9-5-2;1-3-5-9-19-15-11-6-7-12(14-10-11)13(17)16-18-8-4-2/h12-13,15H,4-11H2,1-3H3,(H,16,18);11-12,14-15H,3-10H2,1-2H3,(H,16,17)/t12-,13+;11-,12+/m11/s1. The molecule has 0 bridgehead atoms. The first-order valence-electron chi connectivity index (χ1n) is 15.0. The maximum absolute atomic E-state index is 12.0. The molecule has 0 saturated carbocycles. The van der Waals surface area contributed by atoms with Gasteiger partial charge in [-0.1, -0.05) is 40.5 Å². The van der Waals surface area contributed by atoms with E-state index in [0.29, 0.717) is 13.2 Å². The number of hydroxylamine groups is 4. The van der Waals surface area contributed by atoms with Crippen LogP contribution in [0.5, 0.6) is 0 Å². The third-order valence-electron chi connectivity index (χ3n) is 6.52. The highest BCUT2D eigenvalue weighted by Crippen LogP contribution is 2.16. The van der Waals surface area contributed by atoms with Gasteiger partial charge in [0.15, 0.2) is 0 Å². The molecular weight excluding hydrogens is 504 g/mol. The zero-order chi connectivity index (χ0) is 28.7. The Labute approximate surface area is 235 Å². The van der Waals surface area contributed by atoms with Crippen molar-refractivity contribution in [1.29, 1.82) is 0 Å². The number of hydrogen-bond acceptors (Lipinski definition) is 10. The largest absolute Gasteiger partial charge is 0.304 e. The molecule has 12 nitrogen and oxygen atoms in total. The number of nitrogens with one attached hydrogen (secondary N) is 5. The van der Waals surface area contributed by atoms with Gasteiger partial charge >= 0.3 is 0 Å². The Bertz CT molecular complexity index is 624. The lowest BCUT2D eigenvalue weighted by atomic mass is 9.99. The molecule has 0 aromatic heterocycles. The average Bonchev–Trinajstić information content (AvgIpc) is 2.94. The van der Waals surface area contributed by atoms with Gasteiger partial charge in [-0.05, 0) is 58.4 Å². The summed E-state index contributed by atoms with van der Waals surface area (Å²) in [6, 6.07) is 0.293. The van der Waals surface area contributed by atoms with Gasteiger partial charge in [-0.25, -0.2) is 11.0 Å². The van der Waals surface area contributed by atoms with Gasteiger partial charge in [-0.15, -0.1) is 0 Å². The molecule has 4 atom stereocenters. The van der Waals surface area contributed by atoms with Crippen LogP contribution in [0, 0.1) is 0 Å². The number of carbonyl (C=O) groups is 2. The van der Waals surface area contributed by atoms with Gasteiger partial charge < -0.3 is 15.0 Å². The summed E-state index contributed by atoms with van der Waals surface area (Å²) < 4.78 is 0. The highest BCUT2D eigenvalue weighted by molar-refractivity contribution is 5.81. The maximum Gasteiger partial charge on any atom is 0.260 e. The highest BCUT2D eigenvalue weighted by atomic mass is 16.7. The SMILES string of the molecule is CCCCON[C@@H]1CC[C@@H](C(=O)NOCCC)N(C)C1.CCCCON[C@@H]1CC[C@@H](C(=O)NOCCC)NC1. The number of nitrogens with zero attached hydrogens (tertiary/aromatic N) is 1. The highest BCUT2D eigenvalue weighted by Gasteiger charge is 2.31. The first kappa shape index (κ1) is 35.6. The molecular formula is C27H56N6O6. The molecule has 12 heteroatoms. The lowest BCUT2D eigenvalue weighted by Crippen LogP contribution is -2.54. The van der Waals surface area contributed by atoms with Crippen molar-refractivity contribution in [3.05, 3.63) is 0 Å². The van der Waals surface area contributed by atoms with Crippen LogP contribution in [0.1, 0.15) is 91.9 Å². The summed E-state index contributed by atoms with van der Waals surface area (Å²) >= 11 is 0. The van der Waals surface area contributed by atoms with Crippen molar-refractivity contribution >= 4 is 11.8 Å². The molecule has 2 aliphatic heterocycles. The van der Waals surface area contributed by atoms with Crippen molar-refractivity contribution in [2.75, 3.05) is 46.6 Å². The third-order valence-corrected chi connectivity index (χ3v) is 6.52. The third kappa shape index (κ3) is 16.5. The average molecular weight is 561 g/mol. The summed E-state index contributed by atoms with van der Waals surface area (Å²) in [7, 11) is 1.96. The Hall–Kier alpha value is -1.38. The molecule has 5 N–H and O–H groups in total. The second-order valence-electron chi connectivity index (χ2n) is 10.2. The number of hydrogen-bond donors (Lipinski definition) is 5. The van der Waals surface area contributed by atoms with E-state index < -0.39 is 0 Å². The fourth-order valence-corrected chi connectivity index (χ4v) is 4.13. The second-order valence-corrected chi connectivity index (χ2v) is 10.2. The minimum absolute atomic E-state index is 0.0497. The van der Waals surface area contributed by atoms with Crippen LogP contribution in [0.25, 0.3) is 0 Å². The van der Waals surface area contributed by atoms with Crippen LogP contribution in [0.2, 0.25) is 0 Å². The normalized spacial score (nSPS) is 23.5. The Morgan fingerprint density at radius 1 is 0.718 bits per heavy atom. The molecule has 0 aromatic carbocycles. The Kier molecular flexibility index (Phi) is 21.3. The van der Waals surface area contributed by atoms with Crippen LogP contribution in [-0.4, -0.2) is 87.4 Å². The van der Waals surface area contributed by atoms with Gasteiger partial charge in [0.2, 0.25) is 0 Å². The van der Waals surface area contributed by atoms with Crippen molar-refractivity contribution < 1.29 is 28.9 Å². The van der Waals surface area contributed by atoms with Crippen LogP contribution in [0.3, 0.4) is 0 Å². The predicted octanol–water partition coefficient (Wildman–Crippen LogP) is 2.11. The summed E-state index contributed by atoms with van der Waals surface area (Å²) in [5.74, 6) is -0.134. The van der Waals surface area contributed by atoms with Gasteiger partial charge in [0, 0.05) is 25.2 Å². The fraction of sp³-hybridized carbons (Fsp3) is 0.926. The maximum atomic E-state index is 12.0. The molecule has 0 radical (unpaired) electrons. The summed E-state index contributed by atoms with van der Waals surface area (Å²) in [6.45, 7) is 12.4. The quantitative estimate of drug-likeness (QED) is 0.125. The Morgan fingerprint density at radius 3 is 1.79 bits per heavy atom. The van der Waals surface area contributed by atoms with Gasteiger partial charge in [-0.2, -0.15) is 11.0 Å². The lowest BCUT2D eigenvalue weighted by Gasteiger charge is -2.36. The van der Waals surface area contributed by atoms with E-state index in [1.54, 1.807) is 0 Å². The molecule has 2 saturated heterocycles. The predicted molar refractivity (Wildman–Crippen MR) is 151 cm³/mol. The number of likely N-dealkylation sites (N-methyl/N-ethyl adjacent to an activating group) is 1. The van der Waals surface area contributed by atoms with Crippen molar-refractivity contribution in [3.63, 3.8) is 0 Å². The molecule has 0 aliphatic carbocycles. The van der Waals surface area contributed by atoms with Gasteiger partial charge in [-0.3, -0.25) is 24.2 Å². The number of rotatable bonds is 18. The van der Waals surface area contributed by atoms with Crippen molar-refractivity contribution in [3.8, 4) is 0 Å². The van der Waals surface area contributed by atoms with Crippen LogP contribution in [-0.2, 0) is 28.9 Å². The summed E-state index contributed by atoms with van der Waals surface area (Å²) in [5.41, 5.74) is 11.1. The molecule has 2 fully saturated rings. The van der Waals surface area contributed by atoms with E-state index >= 15 is 0 Å². The minimum atomic E-state index is -0.162. The zero-order valence-electron chi connectivity index (χ0n) is 25.0. The summed E-state index contributed by atoms with van der Waals surface area (Å²) in [6.07, 6.45) is 9.62. The Balaban J connectivity index is 0.000000391. The first-order chi connectivity index (χ1) is 19.0. The molecule has 2 aliphatic rings. The minimum Gasteiger partial charge on any atom is -0.304 e. The number of carbonyl (C=O) groups excluding carboxylic acids is 2. The first-order valence-corrected chi connectivity index (χ1v) is 15.0. The van der Waals surface area contributed by atoms with E-state index in [-0.39, 0.29) is 36.0 Å². The van der Waals surface area contributed by atoms with E-state index in [9.17, 15) is 9.59 Å². The van der Waals surface area contributed by atoms with Gasteiger partial charge in [0.05, 0.1) is 38.5 Å². The number of unbranched alkanes of at least 4 members (excludes halogenated alkanes) is 2. The number of likely N-dealkylation sites (tertiary alicyclic amines) is 1. The molecule has 0 spiro atoms. The molecule has 0 aromatic rings. The van der Waals surface area contributed by atoms with Crippen molar-refractivity contribution in [2.24, 2.45) is 0 Å². The van der Waals surface area contributed by atoms with Gasteiger partial charge in [0.25, 0.3) is 11.8 Å². The molecule has 2 amide bonds. The lowest BCUT2D eigenvalue weighted by molar-refractivity contribution is -0.140. The van der Waals surface area contributed by atoms with Crippen molar-refractivity contribution in [1.82, 2.24) is 32.1 Å². The van der Waals surface area contributed by atoms with E-state index in [0.717, 1.165) is 90.5 Å². The zero-order valence-corrected chi connectivity index (χ0v) is 25.0. The Morgan fingerprint density at radius 2 is 1.28 bits per heavy atom. The van der Waals surface area contributed by atoms with E-state index in [4.69, 9.17) is 19.4 Å². The van der Waals surface area contributed by atoms with E-state index in [1.165, 1.54) is 0 Å². The fourth-order valence-electron chi connectivity index (χ4n) is 4.13. The second kappa shape index (κ2) is 23.3. The van der Waals surface area contributed by atoms with E-state index in [2.05, 4.69) is 46.0 Å². The van der Waals surface area contributed by atoms with Gasteiger partial charge in [0.1, 0.15) is 0 Å². The number of piperidine rings is 2. The van der Waals surface area contributed by atoms with E-state index in [1.807, 2.05) is 20.9 Å². The smallest absolute Gasteiger partial charge is 0.260 e.